The second kappa shape index (κ2) is 8.60. The molecule has 0 aliphatic rings. The van der Waals surface area contributed by atoms with Crippen molar-refractivity contribution in [1.82, 2.24) is 9.29 Å². The molecule has 0 spiro atoms. The number of anilines is 1. The van der Waals surface area contributed by atoms with E-state index in [4.69, 9.17) is 0 Å². The topological polar surface area (TPSA) is 62.3 Å². The zero-order valence-electron chi connectivity index (χ0n) is 13.2. The zero-order valence-corrected chi connectivity index (χ0v) is 14.8. The van der Waals surface area contributed by atoms with Crippen LogP contribution in [0.25, 0.3) is 0 Å². The number of hydrogen-bond donors (Lipinski definition) is 1. The molecule has 0 radical (unpaired) electrons. The highest BCUT2D eigenvalue weighted by Crippen LogP contribution is 2.24. The Hall–Kier alpha value is -0.790. The second-order valence-corrected chi connectivity index (χ2v) is 7.90. The van der Waals surface area contributed by atoms with Gasteiger partial charge in [-0.2, -0.15) is 16.1 Å². The van der Waals surface area contributed by atoms with Gasteiger partial charge >= 0.3 is 0 Å². The van der Waals surface area contributed by atoms with Gasteiger partial charge in [-0.1, -0.05) is 6.92 Å². The lowest BCUT2D eigenvalue weighted by Crippen LogP contribution is -2.35. The van der Waals surface area contributed by atoms with Gasteiger partial charge in [0.1, 0.15) is 4.90 Å². The van der Waals surface area contributed by atoms with E-state index in [-0.39, 0.29) is 10.9 Å². The van der Waals surface area contributed by atoms with Crippen LogP contribution in [-0.2, 0) is 10.0 Å². The molecule has 1 N–H and O–H groups in total. The monoisotopic (exact) mass is 331 g/mol. The van der Waals surface area contributed by atoms with Gasteiger partial charge in [0, 0.05) is 32.0 Å². The molecule has 0 fully saturated rings. The Morgan fingerprint density at radius 3 is 2.81 bits per heavy atom. The van der Waals surface area contributed by atoms with Gasteiger partial charge in [0.15, 0.2) is 0 Å². The van der Waals surface area contributed by atoms with Gasteiger partial charge in [0.25, 0.3) is 0 Å². The molecule has 1 unspecified atom stereocenters. The number of aromatic nitrogens is 1. The maximum Gasteiger partial charge on any atom is 0.246 e. The van der Waals surface area contributed by atoms with Crippen molar-refractivity contribution in [2.75, 3.05) is 30.9 Å². The van der Waals surface area contributed by atoms with E-state index in [9.17, 15) is 8.42 Å². The largest absolute Gasteiger partial charge is 0.384 e. The molecule has 0 saturated heterocycles. The number of sulfonamides is 1. The van der Waals surface area contributed by atoms with Crippen LogP contribution >= 0.6 is 11.8 Å². The summed E-state index contributed by atoms with van der Waals surface area (Å²) in [7, 11) is -1.89. The SMILES string of the molecule is CCCNc1ccncc1S(=O)(=O)N(C)C(C)CCSC. The van der Waals surface area contributed by atoms with Crippen molar-refractivity contribution >= 4 is 27.5 Å². The summed E-state index contributed by atoms with van der Waals surface area (Å²) in [5.41, 5.74) is 0.621. The van der Waals surface area contributed by atoms with Crippen LogP contribution in [0, 0.1) is 0 Å². The molecule has 1 aromatic heterocycles. The molecule has 21 heavy (non-hydrogen) atoms. The molecule has 120 valence electrons. The predicted molar refractivity (Wildman–Crippen MR) is 90.4 cm³/mol. The quantitative estimate of drug-likeness (QED) is 0.754. The van der Waals surface area contributed by atoms with E-state index >= 15 is 0 Å². The summed E-state index contributed by atoms with van der Waals surface area (Å²) in [5.74, 6) is 0.939. The summed E-state index contributed by atoms with van der Waals surface area (Å²) in [5, 5.41) is 3.16. The molecule has 0 aliphatic carbocycles. The molecular formula is C14H25N3O2S2. The summed E-state index contributed by atoms with van der Waals surface area (Å²) in [6, 6.07) is 1.67. The average Bonchev–Trinajstić information content (AvgIpc) is 2.49. The lowest BCUT2D eigenvalue weighted by atomic mass is 10.3. The third-order valence-corrected chi connectivity index (χ3v) is 6.01. The lowest BCUT2D eigenvalue weighted by Gasteiger charge is -2.25. The fraction of sp³-hybridized carbons (Fsp3) is 0.643. The number of thioether (sulfide) groups is 1. The third kappa shape index (κ3) is 4.86. The summed E-state index contributed by atoms with van der Waals surface area (Å²) in [4.78, 5) is 4.22. The fourth-order valence-corrected chi connectivity index (χ4v) is 3.93. The Balaban J connectivity index is 3.01. The minimum absolute atomic E-state index is 0.0401. The van der Waals surface area contributed by atoms with Crippen molar-refractivity contribution in [3.05, 3.63) is 18.5 Å². The van der Waals surface area contributed by atoms with Gasteiger partial charge in [-0.25, -0.2) is 8.42 Å². The highest BCUT2D eigenvalue weighted by atomic mass is 32.2. The molecule has 1 heterocycles. The maximum absolute atomic E-state index is 12.8. The van der Waals surface area contributed by atoms with Crippen molar-refractivity contribution in [3.63, 3.8) is 0 Å². The van der Waals surface area contributed by atoms with Crippen molar-refractivity contribution in [2.24, 2.45) is 0 Å². The predicted octanol–water partition coefficient (Wildman–Crippen LogP) is 2.67. The molecule has 0 aliphatic heterocycles. The van der Waals surface area contributed by atoms with Gasteiger partial charge in [0.05, 0.1) is 5.69 Å². The van der Waals surface area contributed by atoms with E-state index in [1.807, 2.05) is 20.1 Å². The Morgan fingerprint density at radius 1 is 1.48 bits per heavy atom. The number of rotatable bonds is 9. The van der Waals surface area contributed by atoms with Crippen LogP contribution in [0.15, 0.2) is 23.4 Å². The first-order valence-corrected chi connectivity index (χ1v) is 9.93. The van der Waals surface area contributed by atoms with Crippen LogP contribution in [-0.4, -0.2) is 49.3 Å². The minimum Gasteiger partial charge on any atom is -0.384 e. The number of nitrogens with zero attached hydrogens (tertiary/aromatic N) is 2. The van der Waals surface area contributed by atoms with Gasteiger partial charge in [0.2, 0.25) is 10.0 Å². The number of hydrogen-bond acceptors (Lipinski definition) is 5. The first-order valence-electron chi connectivity index (χ1n) is 7.10. The van der Waals surface area contributed by atoms with E-state index in [0.717, 1.165) is 25.1 Å². The number of nitrogens with one attached hydrogen (secondary N) is 1. The highest BCUT2D eigenvalue weighted by molar-refractivity contribution is 7.98. The van der Waals surface area contributed by atoms with Crippen molar-refractivity contribution in [2.45, 2.75) is 37.6 Å². The molecule has 1 atom stereocenters. The fourth-order valence-electron chi connectivity index (χ4n) is 1.85. The van der Waals surface area contributed by atoms with E-state index in [2.05, 4.69) is 10.3 Å². The first-order chi connectivity index (χ1) is 9.95. The Kier molecular flexibility index (Phi) is 7.48. The van der Waals surface area contributed by atoms with Crippen LogP contribution in [0.5, 0.6) is 0 Å². The molecule has 1 aromatic rings. The Morgan fingerprint density at radius 2 is 2.19 bits per heavy atom. The summed E-state index contributed by atoms with van der Waals surface area (Å²) in [6.07, 6.45) is 6.81. The molecule has 7 heteroatoms. The molecule has 0 saturated carbocycles. The van der Waals surface area contributed by atoms with Gasteiger partial charge in [-0.15, -0.1) is 0 Å². The van der Waals surface area contributed by atoms with Crippen molar-refractivity contribution in [3.8, 4) is 0 Å². The smallest absolute Gasteiger partial charge is 0.246 e. The standard InChI is InChI=1S/C14H25N3O2S2/c1-5-8-16-13-6-9-15-11-14(13)21(18,19)17(3)12(2)7-10-20-4/h6,9,11-12H,5,7-8,10H2,1-4H3,(H,15,16). The van der Waals surface area contributed by atoms with Crippen molar-refractivity contribution in [1.29, 1.82) is 0 Å². The summed E-state index contributed by atoms with van der Waals surface area (Å²) in [6.45, 7) is 4.71. The second-order valence-electron chi connectivity index (χ2n) is 4.95. The average molecular weight is 332 g/mol. The van der Waals surface area contributed by atoms with Crippen LogP contribution in [0.1, 0.15) is 26.7 Å². The van der Waals surface area contributed by atoms with E-state index in [1.54, 1.807) is 31.1 Å². The van der Waals surface area contributed by atoms with Gasteiger partial charge in [-0.05, 0) is 37.8 Å². The molecule has 0 aromatic carbocycles. The minimum atomic E-state index is -3.53. The number of pyridine rings is 1. The molecule has 1 rings (SSSR count). The van der Waals surface area contributed by atoms with Crippen molar-refractivity contribution < 1.29 is 8.42 Å². The molecule has 5 nitrogen and oxygen atoms in total. The van der Waals surface area contributed by atoms with E-state index in [1.165, 1.54) is 10.5 Å². The third-order valence-electron chi connectivity index (χ3n) is 3.37. The van der Waals surface area contributed by atoms with E-state index in [0.29, 0.717) is 5.69 Å². The zero-order chi connectivity index (χ0) is 15.9. The van der Waals surface area contributed by atoms with Gasteiger partial charge < -0.3 is 5.32 Å². The maximum atomic E-state index is 12.8. The van der Waals surface area contributed by atoms with Crippen LogP contribution in [0.2, 0.25) is 0 Å². The summed E-state index contributed by atoms with van der Waals surface area (Å²) < 4.78 is 27.0. The molecule has 0 bridgehead atoms. The van der Waals surface area contributed by atoms with E-state index < -0.39 is 10.0 Å². The van der Waals surface area contributed by atoms with Crippen LogP contribution < -0.4 is 5.32 Å². The Bertz CT molecular complexity index is 535. The lowest BCUT2D eigenvalue weighted by molar-refractivity contribution is 0.382. The first kappa shape index (κ1) is 18.3. The highest BCUT2D eigenvalue weighted by Gasteiger charge is 2.27. The van der Waals surface area contributed by atoms with Crippen LogP contribution in [0.3, 0.4) is 0 Å². The van der Waals surface area contributed by atoms with Crippen LogP contribution in [0.4, 0.5) is 5.69 Å². The van der Waals surface area contributed by atoms with Gasteiger partial charge in [-0.3, -0.25) is 4.98 Å². The summed E-state index contributed by atoms with van der Waals surface area (Å²) >= 11 is 1.72. The molecular weight excluding hydrogens is 306 g/mol. The normalized spacial score (nSPS) is 13.4. The Labute approximate surface area is 132 Å². The molecule has 0 amide bonds.